The molecule has 0 bridgehead atoms. The fourth-order valence-corrected chi connectivity index (χ4v) is 3.09. The van der Waals surface area contributed by atoms with Crippen LogP contribution in [0.25, 0.3) is 0 Å². The number of hydrogen-bond donors (Lipinski definition) is 0. The van der Waals surface area contributed by atoms with Crippen molar-refractivity contribution in [3.05, 3.63) is 54.1 Å². The first-order valence-corrected chi connectivity index (χ1v) is 8.78. The number of pyridine rings is 1. The number of para-hydroxylation sites is 2. The summed E-state index contributed by atoms with van der Waals surface area (Å²) in [5.41, 5.74) is 0.697. The van der Waals surface area contributed by atoms with Gasteiger partial charge in [0.1, 0.15) is 5.49 Å². The predicted octanol–water partition coefficient (Wildman–Crippen LogP) is 3.45. The zero-order valence-corrected chi connectivity index (χ0v) is 14.6. The molecular formula is C20H24N2O3. The van der Waals surface area contributed by atoms with Crippen LogP contribution in [0.2, 0.25) is 0 Å². The summed E-state index contributed by atoms with van der Waals surface area (Å²) < 4.78 is 12.5. The molecule has 1 aromatic carbocycles. The van der Waals surface area contributed by atoms with Crippen molar-refractivity contribution in [2.45, 2.75) is 38.1 Å². The first kappa shape index (κ1) is 17.3. The van der Waals surface area contributed by atoms with Gasteiger partial charge in [-0.25, -0.2) is 0 Å². The van der Waals surface area contributed by atoms with Crippen molar-refractivity contribution < 1.29 is 14.3 Å². The van der Waals surface area contributed by atoms with Crippen molar-refractivity contribution in [3.63, 3.8) is 0 Å². The number of methoxy groups -OCH3 is 1. The number of carbonyl (C=O) groups is 1. The minimum atomic E-state index is -0.152. The number of ether oxygens (including phenoxy) is 2. The molecular weight excluding hydrogens is 316 g/mol. The monoisotopic (exact) mass is 340 g/mol. The highest BCUT2D eigenvalue weighted by Crippen LogP contribution is 2.25. The molecule has 0 N–H and O–H groups in total. The van der Waals surface area contributed by atoms with Crippen LogP contribution in [0.1, 0.15) is 36.9 Å². The third-order valence-corrected chi connectivity index (χ3v) is 4.42. The summed E-state index contributed by atoms with van der Waals surface area (Å²) in [6.07, 6.45) is 7.65. The SMILES string of the molecule is COc1ccccc1OCC(=O)n1ccccc1=NC1CCCCC1. The van der Waals surface area contributed by atoms with Gasteiger partial charge >= 0.3 is 0 Å². The predicted molar refractivity (Wildman–Crippen MR) is 96.0 cm³/mol. The van der Waals surface area contributed by atoms with Gasteiger partial charge in [-0.15, -0.1) is 0 Å². The third-order valence-electron chi connectivity index (χ3n) is 4.42. The normalized spacial score (nSPS) is 15.8. The van der Waals surface area contributed by atoms with Crippen LogP contribution in [0.15, 0.2) is 53.7 Å². The zero-order chi connectivity index (χ0) is 17.5. The lowest BCUT2D eigenvalue weighted by Gasteiger charge is -2.18. The lowest BCUT2D eigenvalue weighted by molar-refractivity contribution is 0.0829. The molecule has 1 fully saturated rings. The van der Waals surface area contributed by atoms with E-state index in [4.69, 9.17) is 14.5 Å². The van der Waals surface area contributed by atoms with Crippen LogP contribution in [0.3, 0.4) is 0 Å². The quantitative estimate of drug-likeness (QED) is 0.838. The van der Waals surface area contributed by atoms with E-state index in [2.05, 4.69) is 0 Å². The van der Waals surface area contributed by atoms with Crippen LogP contribution >= 0.6 is 0 Å². The molecule has 25 heavy (non-hydrogen) atoms. The van der Waals surface area contributed by atoms with Crippen molar-refractivity contribution in [2.24, 2.45) is 4.99 Å². The Labute approximate surface area is 147 Å². The average molecular weight is 340 g/mol. The Hall–Kier alpha value is -2.56. The van der Waals surface area contributed by atoms with Crippen LogP contribution in [0.4, 0.5) is 0 Å². The Morgan fingerprint density at radius 1 is 1.08 bits per heavy atom. The summed E-state index contributed by atoms with van der Waals surface area (Å²) in [6.45, 7) is -0.0672. The average Bonchev–Trinajstić information content (AvgIpc) is 2.67. The van der Waals surface area contributed by atoms with Gasteiger partial charge in [-0.1, -0.05) is 37.5 Å². The molecule has 1 aromatic heterocycles. The maximum Gasteiger partial charge on any atom is 0.270 e. The number of aromatic nitrogens is 1. The minimum absolute atomic E-state index is 0.0672. The van der Waals surface area contributed by atoms with E-state index in [9.17, 15) is 4.79 Å². The Kier molecular flexibility index (Phi) is 5.88. The van der Waals surface area contributed by atoms with E-state index < -0.39 is 0 Å². The lowest BCUT2D eigenvalue weighted by atomic mass is 9.96. The first-order chi connectivity index (χ1) is 12.3. The fourth-order valence-electron chi connectivity index (χ4n) is 3.09. The Morgan fingerprint density at radius 2 is 1.80 bits per heavy atom. The molecule has 132 valence electrons. The third kappa shape index (κ3) is 4.50. The lowest BCUT2D eigenvalue weighted by Crippen LogP contribution is -2.32. The number of hydrogen-bond acceptors (Lipinski definition) is 4. The van der Waals surface area contributed by atoms with Gasteiger partial charge in [-0.05, 0) is 37.1 Å². The molecule has 1 saturated carbocycles. The molecule has 2 aromatic rings. The molecule has 5 heteroatoms. The fraction of sp³-hybridized carbons (Fsp3) is 0.400. The molecule has 1 aliphatic rings. The van der Waals surface area contributed by atoms with E-state index in [1.54, 1.807) is 30.0 Å². The topological polar surface area (TPSA) is 52.8 Å². The molecule has 0 atom stereocenters. The Balaban J connectivity index is 1.75. The van der Waals surface area contributed by atoms with Crippen LogP contribution in [0, 0.1) is 0 Å². The molecule has 0 aliphatic heterocycles. The highest BCUT2D eigenvalue weighted by atomic mass is 16.5. The van der Waals surface area contributed by atoms with Crippen molar-refractivity contribution in [2.75, 3.05) is 13.7 Å². The molecule has 1 aliphatic carbocycles. The van der Waals surface area contributed by atoms with Crippen LogP contribution in [0.5, 0.6) is 11.5 Å². The van der Waals surface area contributed by atoms with Gasteiger partial charge in [0.2, 0.25) is 0 Å². The molecule has 0 saturated heterocycles. The number of rotatable bonds is 5. The highest BCUT2D eigenvalue weighted by molar-refractivity contribution is 5.80. The second-order valence-electron chi connectivity index (χ2n) is 6.18. The van der Waals surface area contributed by atoms with Crippen molar-refractivity contribution in [1.29, 1.82) is 0 Å². The molecule has 0 amide bonds. The molecule has 0 spiro atoms. The van der Waals surface area contributed by atoms with E-state index >= 15 is 0 Å². The van der Waals surface area contributed by atoms with E-state index in [0.29, 0.717) is 23.0 Å². The van der Waals surface area contributed by atoms with Gasteiger partial charge in [-0.2, -0.15) is 0 Å². The van der Waals surface area contributed by atoms with Gasteiger partial charge < -0.3 is 9.47 Å². The summed E-state index contributed by atoms with van der Waals surface area (Å²) in [6, 6.07) is 13.2. The smallest absolute Gasteiger partial charge is 0.270 e. The van der Waals surface area contributed by atoms with Gasteiger partial charge in [0.25, 0.3) is 5.91 Å². The largest absolute Gasteiger partial charge is 0.493 e. The number of nitrogens with zero attached hydrogens (tertiary/aromatic N) is 2. The van der Waals surface area contributed by atoms with Crippen molar-refractivity contribution in [1.82, 2.24) is 4.57 Å². The second-order valence-corrected chi connectivity index (χ2v) is 6.18. The molecule has 3 rings (SSSR count). The van der Waals surface area contributed by atoms with Gasteiger partial charge in [-0.3, -0.25) is 14.4 Å². The van der Waals surface area contributed by atoms with E-state index in [-0.39, 0.29) is 12.5 Å². The van der Waals surface area contributed by atoms with Crippen LogP contribution < -0.4 is 15.0 Å². The van der Waals surface area contributed by atoms with Gasteiger partial charge in [0.05, 0.1) is 13.2 Å². The van der Waals surface area contributed by atoms with E-state index in [0.717, 1.165) is 12.8 Å². The summed E-state index contributed by atoms with van der Waals surface area (Å²) in [5.74, 6) is 1.02. The summed E-state index contributed by atoms with van der Waals surface area (Å²) in [5, 5.41) is 0. The van der Waals surface area contributed by atoms with E-state index in [1.807, 2.05) is 30.3 Å². The van der Waals surface area contributed by atoms with Crippen LogP contribution in [-0.4, -0.2) is 30.2 Å². The maximum atomic E-state index is 12.6. The molecule has 5 nitrogen and oxygen atoms in total. The Morgan fingerprint density at radius 3 is 2.56 bits per heavy atom. The number of carbonyl (C=O) groups excluding carboxylic acids is 1. The maximum absolute atomic E-state index is 12.6. The van der Waals surface area contributed by atoms with Crippen molar-refractivity contribution >= 4 is 5.91 Å². The Bertz CT molecular complexity index is 776. The number of benzene rings is 1. The van der Waals surface area contributed by atoms with E-state index in [1.165, 1.54) is 19.3 Å². The van der Waals surface area contributed by atoms with Crippen LogP contribution in [-0.2, 0) is 0 Å². The molecule has 1 heterocycles. The zero-order valence-electron chi connectivity index (χ0n) is 14.6. The summed E-state index contributed by atoms with van der Waals surface area (Å²) >= 11 is 0. The van der Waals surface area contributed by atoms with Crippen molar-refractivity contribution in [3.8, 4) is 11.5 Å². The van der Waals surface area contributed by atoms with Gasteiger partial charge in [0.15, 0.2) is 18.1 Å². The summed E-state index contributed by atoms with van der Waals surface area (Å²) in [7, 11) is 1.58. The second kappa shape index (κ2) is 8.51. The highest BCUT2D eigenvalue weighted by Gasteiger charge is 2.13. The summed E-state index contributed by atoms with van der Waals surface area (Å²) in [4.78, 5) is 17.4. The first-order valence-electron chi connectivity index (χ1n) is 8.78. The standard InChI is InChI=1S/C20H24N2O3/c1-24-17-11-5-6-12-18(17)25-15-20(23)22-14-8-7-13-19(22)21-16-9-3-2-4-10-16/h5-8,11-14,16H,2-4,9-10,15H2,1H3. The molecule has 0 unspecified atom stereocenters. The molecule has 0 radical (unpaired) electrons. The minimum Gasteiger partial charge on any atom is -0.493 e. The van der Waals surface area contributed by atoms with Gasteiger partial charge in [0, 0.05) is 6.20 Å².